The Balaban J connectivity index is 2.23. The van der Waals surface area contributed by atoms with Crippen molar-refractivity contribution >= 4 is 17.2 Å². The lowest BCUT2D eigenvalue weighted by molar-refractivity contribution is 0.585. The highest BCUT2D eigenvalue weighted by atomic mass is 35.5. The van der Waals surface area contributed by atoms with Crippen LogP contribution in [0.15, 0.2) is 42.7 Å². The molecular weight excluding hydrogens is 258 g/mol. The number of imidazole rings is 1. The van der Waals surface area contributed by atoms with E-state index in [0.717, 1.165) is 6.07 Å². The predicted octanol–water partition coefficient (Wildman–Crippen LogP) is 3.93. The average Bonchev–Trinajstić information content (AvgIpc) is 2.74. The van der Waals surface area contributed by atoms with Crippen molar-refractivity contribution < 1.29 is 8.78 Å². The van der Waals surface area contributed by atoms with Gasteiger partial charge in [0.2, 0.25) is 0 Å². The molecule has 0 bridgehead atoms. The van der Waals surface area contributed by atoms with E-state index in [1.165, 1.54) is 12.1 Å². The molecule has 18 heavy (non-hydrogen) atoms. The van der Waals surface area contributed by atoms with Gasteiger partial charge in [0, 0.05) is 24.0 Å². The Morgan fingerprint density at radius 3 is 2.72 bits per heavy atom. The first-order valence-electron chi connectivity index (χ1n) is 5.24. The maximum absolute atomic E-state index is 13.6. The molecule has 2 nitrogen and oxygen atoms in total. The number of rotatable bonds is 1. The summed E-state index contributed by atoms with van der Waals surface area (Å²) >= 11 is 5.99. The summed E-state index contributed by atoms with van der Waals surface area (Å²) in [7, 11) is 0. The third-order valence-corrected chi connectivity index (χ3v) is 2.94. The molecule has 0 N–H and O–H groups in total. The molecule has 0 aliphatic carbocycles. The van der Waals surface area contributed by atoms with E-state index in [4.69, 9.17) is 11.6 Å². The fourth-order valence-corrected chi connectivity index (χ4v) is 2.02. The molecule has 3 aromatic rings. The second-order valence-corrected chi connectivity index (χ2v) is 4.24. The van der Waals surface area contributed by atoms with Crippen molar-refractivity contribution in [3.05, 3.63) is 59.4 Å². The lowest BCUT2D eigenvalue weighted by atomic mass is 10.1. The summed E-state index contributed by atoms with van der Waals surface area (Å²) in [5, 5.41) is 0.478. The normalized spacial score (nSPS) is 11.1. The van der Waals surface area contributed by atoms with Gasteiger partial charge in [0.05, 0.1) is 10.7 Å². The van der Waals surface area contributed by atoms with Crippen LogP contribution in [0.5, 0.6) is 0 Å². The highest BCUT2D eigenvalue weighted by molar-refractivity contribution is 6.33. The van der Waals surface area contributed by atoms with Crippen LogP contribution < -0.4 is 0 Å². The summed E-state index contributed by atoms with van der Waals surface area (Å²) < 4.78 is 28.2. The van der Waals surface area contributed by atoms with Crippen molar-refractivity contribution in [1.29, 1.82) is 0 Å². The molecule has 0 saturated heterocycles. The summed E-state index contributed by atoms with van der Waals surface area (Å²) in [5.74, 6) is -1.26. The van der Waals surface area contributed by atoms with E-state index in [1.807, 2.05) is 0 Å². The summed E-state index contributed by atoms with van der Waals surface area (Å²) in [6.07, 6.45) is 3.41. The van der Waals surface area contributed by atoms with E-state index in [0.29, 0.717) is 16.4 Å². The van der Waals surface area contributed by atoms with E-state index in [-0.39, 0.29) is 5.56 Å². The number of pyridine rings is 1. The molecule has 2 heterocycles. The zero-order valence-corrected chi connectivity index (χ0v) is 9.83. The van der Waals surface area contributed by atoms with Crippen molar-refractivity contribution in [2.24, 2.45) is 0 Å². The van der Waals surface area contributed by atoms with Crippen LogP contribution in [0.25, 0.3) is 16.9 Å². The Hall–Kier alpha value is -1.94. The molecule has 0 amide bonds. The molecule has 3 rings (SSSR count). The van der Waals surface area contributed by atoms with Gasteiger partial charge in [0.1, 0.15) is 11.6 Å². The van der Waals surface area contributed by atoms with Gasteiger partial charge in [-0.05, 0) is 24.3 Å². The Morgan fingerprint density at radius 1 is 1.17 bits per heavy atom. The van der Waals surface area contributed by atoms with Crippen molar-refractivity contribution in [2.75, 3.05) is 0 Å². The summed E-state index contributed by atoms with van der Waals surface area (Å²) in [4.78, 5) is 4.24. The lowest BCUT2D eigenvalue weighted by Gasteiger charge is -1.98. The first-order chi connectivity index (χ1) is 8.65. The second-order valence-electron chi connectivity index (χ2n) is 3.84. The van der Waals surface area contributed by atoms with Gasteiger partial charge in [-0.2, -0.15) is 0 Å². The first kappa shape index (κ1) is 11.2. The van der Waals surface area contributed by atoms with Gasteiger partial charge in [-0.25, -0.2) is 13.8 Å². The van der Waals surface area contributed by atoms with E-state index in [9.17, 15) is 8.78 Å². The zero-order chi connectivity index (χ0) is 12.7. The quantitative estimate of drug-likeness (QED) is 0.651. The summed E-state index contributed by atoms with van der Waals surface area (Å²) in [6, 6.07) is 6.86. The van der Waals surface area contributed by atoms with Crippen LogP contribution in [0, 0.1) is 11.6 Å². The molecule has 0 aliphatic heterocycles. The summed E-state index contributed by atoms with van der Waals surface area (Å²) in [6.45, 7) is 0. The fourth-order valence-electron chi connectivity index (χ4n) is 1.81. The van der Waals surface area contributed by atoms with Gasteiger partial charge >= 0.3 is 0 Å². The number of fused-ring (bicyclic) bond motifs is 1. The number of aromatic nitrogens is 2. The largest absolute Gasteiger partial charge is 0.305 e. The van der Waals surface area contributed by atoms with Gasteiger partial charge in [0.15, 0.2) is 5.65 Å². The van der Waals surface area contributed by atoms with E-state index in [2.05, 4.69) is 4.98 Å². The molecule has 5 heteroatoms. The third-order valence-electron chi connectivity index (χ3n) is 2.64. The Bertz CT molecular complexity index is 737. The van der Waals surface area contributed by atoms with Crippen LogP contribution in [0.2, 0.25) is 5.02 Å². The SMILES string of the molecule is Fc1ccc(-c2cn3cccc(Cl)c3n2)c(F)c1. The molecule has 0 aliphatic rings. The molecule has 0 radical (unpaired) electrons. The highest BCUT2D eigenvalue weighted by Gasteiger charge is 2.11. The van der Waals surface area contributed by atoms with Gasteiger partial charge in [-0.1, -0.05) is 11.6 Å². The van der Waals surface area contributed by atoms with Crippen LogP contribution in [0.3, 0.4) is 0 Å². The lowest BCUT2D eigenvalue weighted by Crippen LogP contribution is -1.85. The third kappa shape index (κ3) is 1.75. The number of nitrogens with zero attached hydrogens (tertiary/aromatic N) is 2. The number of hydrogen-bond donors (Lipinski definition) is 0. The first-order valence-corrected chi connectivity index (χ1v) is 5.61. The average molecular weight is 265 g/mol. The topological polar surface area (TPSA) is 17.3 Å². The Labute approximate surface area is 106 Å². The van der Waals surface area contributed by atoms with E-state index >= 15 is 0 Å². The number of halogens is 3. The zero-order valence-electron chi connectivity index (χ0n) is 9.07. The van der Waals surface area contributed by atoms with Crippen LogP contribution >= 0.6 is 11.6 Å². The van der Waals surface area contributed by atoms with Crippen molar-refractivity contribution in [3.8, 4) is 11.3 Å². The van der Waals surface area contributed by atoms with Crippen LogP contribution in [0.4, 0.5) is 8.78 Å². The molecule has 0 spiro atoms. The van der Waals surface area contributed by atoms with Gasteiger partial charge in [-0.3, -0.25) is 0 Å². The molecule has 2 aromatic heterocycles. The van der Waals surface area contributed by atoms with Crippen LogP contribution in [-0.4, -0.2) is 9.38 Å². The van der Waals surface area contributed by atoms with E-state index < -0.39 is 11.6 Å². The smallest absolute Gasteiger partial charge is 0.156 e. The highest BCUT2D eigenvalue weighted by Crippen LogP contribution is 2.25. The Kier molecular flexibility index (Phi) is 2.52. The number of hydrogen-bond acceptors (Lipinski definition) is 1. The Morgan fingerprint density at radius 2 is 2.00 bits per heavy atom. The van der Waals surface area contributed by atoms with Gasteiger partial charge in [0.25, 0.3) is 0 Å². The molecule has 90 valence electrons. The molecule has 0 atom stereocenters. The minimum absolute atomic E-state index is 0.246. The van der Waals surface area contributed by atoms with Crippen molar-refractivity contribution in [1.82, 2.24) is 9.38 Å². The van der Waals surface area contributed by atoms with Gasteiger partial charge in [-0.15, -0.1) is 0 Å². The van der Waals surface area contributed by atoms with Crippen LogP contribution in [0.1, 0.15) is 0 Å². The summed E-state index contributed by atoms with van der Waals surface area (Å²) in [5.41, 5.74) is 1.20. The van der Waals surface area contributed by atoms with Crippen molar-refractivity contribution in [2.45, 2.75) is 0 Å². The maximum Gasteiger partial charge on any atom is 0.156 e. The predicted molar refractivity (Wildman–Crippen MR) is 65.6 cm³/mol. The minimum Gasteiger partial charge on any atom is -0.305 e. The molecule has 0 unspecified atom stereocenters. The van der Waals surface area contributed by atoms with Crippen LogP contribution in [-0.2, 0) is 0 Å². The molecule has 0 fully saturated rings. The van der Waals surface area contributed by atoms with Crippen molar-refractivity contribution in [3.63, 3.8) is 0 Å². The molecule has 1 aromatic carbocycles. The fraction of sp³-hybridized carbons (Fsp3) is 0. The molecular formula is C13H7ClF2N2. The van der Waals surface area contributed by atoms with Gasteiger partial charge < -0.3 is 4.40 Å². The standard InChI is InChI=1S/C13H7ClF2N2/c14-10-2-1-5-18-7-12(17-13(10)18)9-4-3-8(15)6-11(9)16/h1-7H. The maximum atomic E-state index is 13.6. The second kappa shape index (κ2) is 4.07. The van der Waals surface area contributed by atoms with E-state index in [1.54, 1.807) is 28.9 Å². The number of benzene rings is 1. The minimum atomic E-state index is -0.644. The monoisotopic (exact) mass is 264 g/mol. The molecule has 0 saturated carbocycles.